The maximum absolute atomic E-state index is 11.0. The van der Waals surface area contributed by atoms with Crippen LogP contribution in [0.2, 0.25) is 39.3 Å². The number of carbonyl (C=O) groups is 1. The molecule has 0 aromatic rings. The van der Waals surface area contributed by atoms with Crippen molar-refractivity contribution in [2.24, 2.45) is 5.92 Å². The van der Waals surface area contributed by atoms with E-state index in [1.54, 1.807) is 6.92 Å². The molecule has 0 saturated heterocycles. The van der Waals surface area contributed by atoms with Crippen LogP contribution in [0, 0.1) is 5.92 Å². The number of rotatable bonds is 7. The molecule has 0 rings (SSSR count). The Hall–Kier alpha value is -0.176. The molecule has 0 spiro atoms. The Balaban J connectivity index is 4.57. The largest absolute Gasteiger partial charge is 0.481 e. The quantitative estimate of drug-likeness (QED) is 0.728. The number of carboxylic acid groups (broad SMARTS) is 1. The van der Waals surface area contributed by atoms with Crippen molar-refractivity contribution in [3.05, 3.63) is 0 Å². The van der Waals surface area contributed by atoms with Crippen LogP contribution in [0.1, 0.15) is 6.92 Å². The number of hydrogen-bond donors (Lipinski definition) is 1. The van der Waals surface area contributed by atoms with E-state index in [4.69, 9.17) is 14.0 Å². The minimum Gasteiger partial charge on any atom is -0.481 e. The smallest absolute Gasteiger partial charge is 0.308 e. The highest BCUT2D eigenvalue weighted by molar-refractivity contribution is 6.70. The summed E-state index contributed by atoms with van der Waals surface area (Å²) < 4.78 is 11.7. The van der Waals surface area contributed by atoms with Crippen LogP contribution in [0.4, 0.5) is 0 Å². The first kappa shape index (κ1) is 16.8. The van der Waals surface area contributed by atoms with Gasteiger partial charge in [0.05, 0.1) is 18.6 Å². The third kappa shape index (κ3) is 8.53. The molecule has 0 aromatic heterocycles. The van der Waals surface area contributed by atoms with E-state index < -0.39 is 28.5 Å². The zero-order valence-corrected chi connectivity index (χ0v) is 14.0. The molecule has 0 aliphatic heterocycles. The van der Waals surface area contributed by atoms with Crippen LogP contribution >= 0.6 is 0 Å². The molecule has 102 valence electrons. The number of aliphatic carboxylic acids is 1. The highest BCUT2D eigenvalue weighted by Gasteiger charge is 2.31. The van der Waals surface area contributed by atoms with Gasteiger partial charge in [0, 0.05) is 0 Å². The zero-order chi connectivity index (χ0) is 13.9. The first-order valence-electron chi connectivity index (χ1n) is 5.97. The van der Waals surface area contributed by atoms with Crippen LogP contribution in [0.5, 0.6) is 0 Å². The van der Waals surface area contributed by atoms with E-state index in [9.17, 15) is 4.79 Å². The van der Waals surface area contributed by atoms with Crippen molar-refractivity contribution in [3.63, 3.8) is 0 Å². The average Bonchev–Trinajstić information content (AvgIpc) is 2.07. The Morgan fingerprint density at radius 1 is 1.12 bits per heavy atom. The lowest BCUT2D eigenvalue weighted by atomic mass is 10.1. The predicted octanol–water partition coefficient (Wildman–Crippen LogP) is 2.78. The van der Waals surface area contributed by atoms with Crippen molar-refractivity contribution < 1.29 is 18.8 Å². The monoisotopic (exact) mass is 278 g/mol. The maximum Gasteiger partial charge on any atom is 0.308 e. The van der Waals surface area contributed by atoms with Crippen molar-refractivity contribution in [2.45, 2.75) is 52.3 Å². The average molecular weight is 278 g/mol. The fourth-order valence-electron chi connectivity index (χ4n) is 1.23. The summed E-state index contributed by atoms with van der Waals surface area (Å²) in [4.78, 5) is 11.0. The normalized spacial score (nSPS) is 16.6. The molecule has 0 amide bonds. The van der Waals surface area contributed by atoms with Crippen molar-refractivity contribution in [2.75, 3.05) is 6.61 Å². The first-order valence-corrected chi connectivity index (χ1v) is 12.8. The molecule has 0 radical (unpaired) electrons. The fraction of sp³-hybridized carbons (Fsp3) is 0.909. The van der Waals surface area contributed by atoms with E-state index in [1.807, 2.05) is 0 Å². The minimum atomic E-state index is -1.75. The molecular formula is C11H26O4Si2. The Bertz CT molecular complexity index is 255. The van der Waals surface area contributed by atoms with Gasteiger partial charge >= 0.3 is 5.97 Å². The van der Waals surface area contributed by atoms with Gasteiger partial charge in [-0.2, -0.15) is 0 Å². The molecule has 6 heteroatoms. The van der Waals surface area contributed by atoms with E-state index in [0.717, 1.165) is 0 Å². The highest BCUT2D eigenvalue weighted by atomic mass is 28.4. The van der Waals surface area contributed by atoms with Crippen molar-refractivity contribution in [3.8, 4) is 0 Å². The standard InChI is InChI=1S/C11H26O4Si2/c1-9(11(12)13)10(15-17(5,6)7)8-14-16(2,3)4/h9-10H,8H2,1-7H3,(H,12,13)/t9-,10?/m0/s1. The lowest BCUT2D eigenvalue weighted by Crippen LogP contribution is -2.43. The zero-order valence-electron chi connectivity index (χ0n) is 12.0. The van der Waals surface area contributed by atoms with Crippen LogP contribution in [0.3, 0.4) is 0 Å². The van der Waals surface area contributed by atoms with Gasteiger partial charge in [0.2, 0.25) is 0 Å². The second-order valence-corrected chi connectivity index (χ2v) is 15.3. The molecule has 2 atom stereocenters. The van der Waals surface area contributed by atoms with Crippen LogP contribution in [0.25, 0.3) is 0 Å². The molecule has 1 N–H and O–H groups in total. The van der Waals surface area contributed by atoms with Gasteiger partial charge in [-0.05, 0) is 46.2 Å². The summed E-state index contributed by atoms with van der Waals surface area (Å²) in [5.41, 5.74) is 0. The second kappa shape index (κ2) is 6.13. The third-order valence-electron chi connectivity index (χ3n) is 2.13. The maximum atomic E-state index is 11.0. The molecule has 17 heavy (non-hydrogen) atoms. The Morgan fingerprint density at radius 2 is 1.59 bits per heavy atom. The van der Waals surface area contributed by atoms with Crippen molar-refractivity contribution in [1.29, 1.82) is 0 Å². The van der Waals surface area contributed by atoms with Gasteiger partial charge in [-0.15, -0.1) is 0 Å². The van der Waals surface area contributed by atoms with Gasteiger partial charge in [-0.1, -0.05) is 0 Å². The van der Waals surface area contributed by atoms with Crippen LogP contribution < -0.4 is 0 Å². The summed E-state index contributed by atoms with van der Waals surface area (Å²) in [6, 6.07) is 0. The number of hydrogen-bond acceptors (Lipinski definition) is 3. The Labute approximate surface area is 107 Å². The summed E-state index contributed by atoms with van der Waals surface area (Å²) in [6.07, 6.45) is -0.342. The van der Waals surface area contributed by atoms with Gasteiger partial charge in [0.1, 0.15) is 0 Å². The summed E-state index contributed by atoms with van der Waals surface area (Å²) in [7, 11) is -3.39. The molecule has 4 nitrogen and oxygen atoms in total. The fourth-order valence-corrected chi connectivity index (χ4v) is 3.07. The molecule has 1 unspecified atom stereocenters. The third-order valence-corrected chi connectivity index (χ3v) is 4.18. The molecule has 0 aliphatic carbocycles. The predicted molar refractivity (Wildman–Crippen MR) is 74.3 cm³/mol. The highest BCUT2D eigenvalue weighted by Crippen LogP contribution is 2.17. The van der Waals surface area contributed by atoms with Gasteiger partial charge in [-0.3, -0.25) is 4.79 Å². The van der Waals surface area contributed by atoms with E-state index >= 15 is 0 Å². The summed E-state index contributed by atoms with van der Waals surface area (Å²) in [6.45, 7) is 14.5. The van der Waals surface area contributed by atoms with Crippen LogP contribution in [-0.2, 0) is 13.6 Å². The lowest BCUT2D eigenvalue weighted by Gasteiger charge is -2.31. The molecule has 0 heterocycles. The number of carboxylic acids is 1. The molecule has 0 saturated carbocycles. The first-order chi connectivity index (χ1) is 7.42. The molecule has 0 fully saturated rings. The van der Waals surface area contributed by atoms with E-state index in [0.29, 0.717) is 6.61 Å². The molecule has 0 bridgehead atoms. The minimum absolute atomic E-state index is 0.342. The van der Waals surface area contributed by atoms with Crippen LogP contribution in [0.15, 0.2) is 0 Å². The van der Waals surface area contributed by atoms with Gasteiger partial charge in [-0.25, -0.2) is 0 Å². The summed E-state index contributed by atoms with van der Waals surface area (Å²) >= 11 is 0. The summed E-state index contributed by atoms with van der Waals surface area (Å²) in [5, 5.41) is 9.07. The SMILES string of the molecule is C[C@H](C(=O)O)C(CO[Si](C)(C)C)O[Si](C)(C)C. The molecule has 0 aliphatic rings. The second-order valence-electron chi connectivity index (χ2n) is 6.32. The summed E-state index contributed by atoms with van der Waals surface area (Å²) in [5.74, 6) is -1.36. The van der Waals surface area contributed by atoms with Crippen LogP contribution in [-0.4, -0.2) is 40.4 Å². The molecule has 0 aromatic carbocycles. The van der Waals surface area contributed by atoms with E-state index in [1.165, 1.54) is 0 Å². The van der Waals surface area contributed by atoms with Gasteiger partial charge in [0.25, 0.3) is 0 Å². The van der Waals surface area contributed by atoms with Crippen molar-refractivity contribution in [1.82, 2.24) is 0 Å². The van der Waals surface area contributed by atoms with Crippen molar-refractivity contribution >= 4 is 22.6 Å². The van der Waals surface area contributed by atoms with Gasteiger partial charge < -0.3 is 14.0 Å². The molecular weight excluding hydrogens is 252 g/mol. The topological polar surface area (TPSA) is 55.8 Å². The van der Waals surface area contributed by atoms with Gasteiger partial charge in [0.15, 0.2) is 16.6 Å². The lowest BCUT2D eigenvalue weighted by molar-refractivity contribution is -0.145. The Morgan fingerprint density at radius 3 is 1.88 bits per heavy atom. The Kier molecular flexibility index (Phi) is 6.06. The van der Waals surface area contributed by atoms with E-state index in [-0.39, 0.29) is 6.10 Å². The van der Waals surface area contributed by atoms with E-state index in [2.05, 4.69) is 39.3 Å².